The van der Waals surface area contributed by atoms with Crippen LogP contribution in [0, 0.1) is 0 Å². The maximum atomic E-state index is 12.6. The Kier molecular flexibility index (Phi) is 8.97. The average Bonchev–Trinajstić information content (AvgIpc) is 3.11. The third kappa shape index (κ3) is 7.92. The van der Waals surface area contributed by atoms with E-state index < -0.39 is 11.9 Å². The van der Waals surface area contributed by atoms with Crippen molar-refractivity contribution in [3.8, 4) is 0 Å². The molecule has 0 aliphatic carbocycles. The van der Waals surface area contributed by atoms with Crippen LogP contribution in [0.2, 0.25) is 0 Å². The van der Waals surface area contributed by atoms with E-state index in [1.165, 1.54) is 0 Å². The molecule has 1 aliphatic heterocycles. The highest BCUT2D eigenvalue weighted by Gasteiger charge is 2.33. The van der Waals surface area contributed by atoms with E-state index in [-0.39, 0.29) is 6.10 Å². The zero-order chi connectivity index (χ0) is 20.6. The van der Waals surface area contributed by atoms with Gasteiger partial charge in [-0.3, -0.25) is 4.99 Å². The van der Waals surface area contributed by atoms with Crippen molar-refractivity contribution >= 4 is 17.3 Å². The highest BCUT2D eigenvalue weighted by molar-refractivity contribution is 7.09. The molecule has 0 saturated carbocycles. The van der Waals surface area contributed by atoms with Crippen LogP contribution in [-0.4, -0.2) is 67.8 Å². The lowest BCUT2D eigenvalue weighted by Crippen LogP contribution is -2.49. The Labute approximate surface area is 168 Å². The average molecular weight is 422 g/mol. The molecule has 0 spiro atoms. The molecule has 1 aromatic heterocycles. The first kappa shape index (κ1) is 22.9. The second-order valence-corrected chi connectivity index (χ2v) is 8.00. The second-order valence-electron chi connectivity index (χ2n) is 7.05. The van der Waals surface area contributed by atoms with E-state index in [1.54, 1.807) is 7.05 Å². The summed E-state index contributed by atoms with van der Waals surface area (Å²) in [4.78, 5) is 10.3. The normalized spacial score (nSPS) is 17.3. The quantitative estimate of drug-likeness (QED) is 0.499. The maximum absolute atomic E-state index is 12.6. The Hall–Kier alpha value is -1.39. The molecule has 160 valence electrons. The molecule has 2 heterocycles. The summed E-state index contributed by atoms with van der Waals surface area (Å²) in [7, 11) is 1.69. The monoisotopic (exact) mass is 421 g/mol. The van der Waals surface area contributed by atoms with Gasteiger partial charge < -0.3 is 20.3 Å². The topological polar surface area (TPSA) is 61.8 Å². The number of guanidine groups is 1. The predicted octanol–water partition coefficient (Wildman–Crippen LogP) is 2.76. The van der Waals surface area contributed by atoms with E-state index in [2.05, 4.69) is 25.5 Å². The van der Waals surface area contributed by atoms with Crippen LogP contribution in [0.15, 0.2) is 10.4 Å². The molecular weight excluding hydrogens is 391 g/mol. The second kappa shape index (κ2) is 11.0. The molecule has 6 nitrogen and oxygen atoms in total. The standard InChI is InChI=1S/C18H30F3N5OS/c1-13(2)27-11-10-26-8-5-14(6-9-26)24-17(22-3)23-7-4-16-25-15(12-28-16)18(19,20)21/h12-14H,4-11H2,1-3H3,(H2,22,23,24). The molecule has 0 atom stereocenters. The van der Waals surface area contributed by atoms with Crippen LogP contribution in [0.25, 0.3) is 0 Å². The van der Waals surface area contributed by atoms with Crippen molar-refractivity contribution in [1.82, 2.24) is 20.5 Å². The molecule has 0 radical (unpaired) electrons. The molecule has 1 fully saturated rings. The van der Waals surface area contributed by atoms with E-state index in [1.807, 2.05) is 13.8 Å². The van der Waals surface area contributed by atoms with Crippen molar-refractivity contribution in [2.24, 2.45) is 4.99 Å². The Balaban J connectivity index is 1.66. The van der Waals surface area contributed by atoms with Crippen LogP contribution in [0.1, 0.15) is 37.4 Å². The molecule has 28 heavy (non-hydrogen) atoms. The van der Waals surface area contributed by atoms with Gasteiger partial charge in [-0.1, -0.05) is 0 Å². The number of alkyl halides is 3. The number of hydrogen-bond donors (Lipinski definition) is 2. The summed E-state index contributed by atoms with van der Waals surface area (Å²) in [5.74, 6) is 0.675. The van der Waals surface area contributed by atoms with Gasteiger partial charge in [0.2, 0.25) is 0 Å². The molecule has 0 amide bonds. The number of piperidine rings is 1. The van der Waals surface area contributed by atoms with E-state index in [0.717, 1.165) is 55.8 Å². The summed E-state index contributed by atoms with van der Waals surface area (Å²) >= 11 is 1.03. The van der Waals surface area contributed by atoms with Crippen LogP contribution < -0.4 is 10.6 Å². The third-order valence-electron chi connectivity index (χ3n) is 4.48. The first-order valence-electron chi connectivity index (χ1n) is 9.60. The van der Waals surface area contributed by atoms with Crippen molar-refractivity contribution in [3.05, 3.63) is 16.1 Å². The number of aliphatic imine (C=N–C) groups is 1. The minimum atomic E-state index is -4.38. The van der Waals surface area contributed by atoms with Gasteiger partial charge in [-0.25, -0.2) is 4.98 Å². The van der Waals surface area contributed by atoms with Crippen molar-refractivity contribution in [2.45, 2.75) is 51.4 Å². The molecular formula is C18H30F3N5OS. The van der Waals surface area contributed by atoms with Crippen molar-refractivity contribution in [1.29, 1.82) is 0 Å². The maximum Gasteiger partial charge on any atom is 0.434 e. The SMILES string of the molecule is CN=C(NCCc1nc(C(F)(F)F)cs1)NC1CCN(CCOC(C)C)CC1. The highest BCUT2D eigenvalue weighted by Crippen LogP contribution is 2.29. The molecule has 1 aromatic rings. The van der Waals surface area contributed by atoms with Gasteiger partial charge in [-0.2, -0.15) is 13.2 Å². The summed E-state index contributed by atoms with van der Waals surface area (Å²) in [6, 6.07) is 0.338. The van der Waals surface area contributed by atoms with Crippen LogP contribution in [0.5, 0.6) is 0 Å². The Morgan fingerprint density at radius 1 is 1.39 bits per heavy atom. The summed E-state index contributed by atoms with van der Waals surface area (Å²) in [6.07, 6.45) is -1.66. The van der Waals surface area contributed by atoms with E-state index in [0.29, 0.717) is 30.0 Å². The first-order chi connectivity index (χ1) is 13.3. The number of ether oxygens (including phenoxy) is 1. The minimum absolute atomic E-state index is 0.262. The molecule has 1 saturated heterocycles. The number of aromatic nitrogens is 1. The van der Waals surface area contributed by atoms with Crippen molar-refractivity contribution in [3.63, 3.8) is 0 Å². The fourth-order valence-corrected chi connectivity index (χ4v) is 3.76. The first-order valence-corrected chi connectivity index (χ1v) is 10.5. The van der Waals surface area contributed by atoms with Gasteiger partial charge in [0.25, 0.3) is 0 Å². The molecule has 0 bridgehead atoms. The number of thiazole rings is 1. The predicted molar refractivity (Wildman–Crippen MR) is 106 cm³/mol. The van der Waals surface area contributed by atoms with Crippen molar-refractivity contribution in [2.75, 3.05) is 39.8 Å². The van der Waals surface area contributed by atoms with Gasteiger partial charge in [0.05, 0.1) is 17.7 Å². The van der Waals surface area contributed by atoms with E-state index in [4.69, 9.17) is 4.74 Å². The largest absolute Gasteiger partial charge is 0.434 e. The van der Waals surface area contributed by atoms with Gasteiger partial charge in [0.1, 0.15) is 0 Å². The van der Waals surface area contributed by atoms with Gasteiger partial charge in [-0.15, -0.1) is 11.3 Å². The van der Waals surface area contributed by atoms with E-state index in [9.17, 15) is 13.2 Å². The number of rotatable bonds is 8. The fourth-order valence-electron chi connectivity index (χ4n) is 2.95. The summed E-state index contributed by atoms with van der Waals surface area (Å²) in [5, 5.41) is 8.08. The van der Waals surface area contributed by atoms with Crippen LogP contribution in [0.3, 0.4) is 0 Å². The summed E-state index contributed by atoms with van der Waals surface area (Å²) in [6.45, 7) is 8.29. The lowest BCUT2D eigenvalue weighted by Gasteiger charge is -2.33. The number of nitrogens with zero attached hydrogens (tertiary/aromatic N) is 3. The molecule has 1 aliphatic rings. The molecule has 10 heteroatoms. The summed E-state index contributed by atoms with van der Waals surface area (Å²) in [5.41, 5.74) is -0.819. The Morgan fingerprint density at radius 2 is 2.11 bits per heavy atom. The third-order valence-corrected chi connectivity index (χ3v) is 5.39. The lowest BCUT2D eigenvalue weighted by molar-refractivity contribution is -0.140. The molecule has 0 aromatic carbocycles. The molecule has 2 rings (SSSR count). The van der Waals surface area contributed by atoms with Crippen LogP contribution >= 0.6 is 11.3 Å². The Bertz CT molecular complexity index is 613. The number of nitrogens with one attached hydrogen (secondary N) is 2. The van der Waals surface area contributed by atoms with Crippen molar-refractivity contribution < 1.29 is 17.9 Å². The van der Waals surface area contributed by atoms with Crippen LogP contribution in [-0.2, 0) is 17.3 Å². The van der Waals surface area contributed by atoms with E-state index >= 15 is 0 Å². The number of hydrogen-bond acceptors (Lipinski definition) is 5. The zero-order valence-corrected chi connectivity index (χ0v) is 17.5. The van der Waals surface area contributed by atoms with Gasteiger partial charge in [-0.05, 0) is 26.7 Å². The minimum Gasteiger partial charge on any atom is -0.377 e. The summed E-state index contributed by atoms with van der Waals surface area (Å²) < 4.78 is 43.4. The fraction of sp³-hybridized carbons (Fsp3) is 0.778. The number of likely N-dealkylation sites (tertiary alicyclic amines) is 1. The van der Waals surface area contributed by atoms with Crippen LogP contribution in [0.4, 0.5) is 13.2 Å². The lowest BCUT2D eigenvalue weighted by atomic mass is 10.1. The zero-order valence-electron chi connectivity index (χ0n) is 16.7. The van der Waals surface area contributed by atoms with Gasteiger partial charge >= 0.3 is 6.18 Å². The molecule has 2 N–H and O–H groups in total. The molecule has 0 unspecified atom stereocenters. The van der Waals surface area contributed by atoms with Gasteiger partial charge in [0, 0.05) is 51.1 Å². The Morgan fingerprint density at radius 3 is 2.68 bits per heavy atom. The highest BCUT2D eigenvalue weighted by atomic mass is 32.1. The van der Waals surface area contributed by atoms with Gasteiger partial charge in [0.15, 0.2) is 11.7 Å². The smallest absolute Gasteiger partial charge is 0.377 e. The number of halogens is 3.